The van der Waals surface area contributed by atoms with Gasteiger partial charge < -0.3 is 4.98 Å². The molecule has 0 fully saturated rings. The number of ketones is 1. The topological polar surface area (TPSA) is 86.1 Å². The van der Waals surface area contributed by atoms with Crippen LogP contribution in [0, 0.1) is 17.2 Å². The molecule has 1 aromatic carbocycles. The number of aromatic nitrogens is 1. The van der Waals surface area contributed by atoms with E-state index in [1.807, 2.05) is 0 Å². The lowest BCUT2D eigenvalue weighted by atomic mass is 9.73. The summed E-state index contributed by atoms with van der Waals surface area (Å²) in [5.41, 5.74) is -1.44. The number of nitrogens with one attached hydrogen (secondary N) is 1. The van der Waals surface area contributed by atoms with Crippen LogP contribution in [0.1, 0.15) is 42.0 Å². The predicted octanol–water partition coefficient (Wildman–Crippen LogP) is 3.71. The molecule has 2 atom stereocenters. The molecule has 2 heterocycles. The Labute approximate surface area is 152 Å². The maximum absolute atomic E-state index is 13.7. The fraction of sp³-hybridized carbons (Fsp3) is 0.263. The van der Waals surface area contributed by atoms with Gasteiger partial charge in [-0.25, -0.2) is 0 Å². The van der Waals surface area contributed by atoms with E-state index in [2.05, 4.69) is 9.98 Å². The number of carbonyl (C=O) groups excluding carboxylic acids is 1. The summed E-state index contributed by atoms with van der Waals surface area (Å²) in [4.78, 5) is 31.4. The zero-order valence-electron chi connectivity index (χ0n) is 14.4. The average Bonchev–Trinajstić information content (AvgIpc) is 2.59. The number of fused-ring (bicyclic) bond motifs is 1. The van der Waals surface area contributed by atoms with Gasteiger partial charge in [0.2, 0.25) is 0 Å². The zero-order valence-corrected chi connectivity index (χ0v) is 14.4. The number of pyridine rings is 1. The molecule has 0 amide bonds. The maximum atomic E-state index is 13.7. The number of aromatic amines is 1. The molecule has 1 aliphatic rings. The number of alkyl halides is 3. The molecule has 27 heavy (non-hydrogen) atoms. The number of Topliss-reactive ketones (excluding diaryl/α,β-unsaturated/α-hetero) is 1. The molecule has 1 N–H and O–H groups in total. The number of carbonyl (C=O) groups is 1. The highest BCUT2D eigenvalue weighted by atomic mass is 19.4. The third-order valence-corrected chi connectivity index (χ3v) is 4.63. The fourth-order valence-corrected chi connectivity index (χ4v) is 3.55. The second kappa shape index (κ2) is 6.50. The van der Waals surface area contributed by atoms with Crippen LogP contribution < -0.4 is 5.56 Å². The molecule has 5 nitrogen and oxygen atoms in total. The molecule has 0 spiro atoms. The minimum absolute atomic E-state index is 0.0125. The maximum Gasteiger partial charge on any atom is 0.416 e. The molecular weight excluding hydrogens is 359 g/mol. The quantitative estimate of drug-likeness (QED) is 0.871. The lowest BCUT2D eigenvalue weighted by Crippen LogP contribution is -2.35. The van der Waals surface area contributed by atoms with E-state index in [0.29, 0.717) is 5.71 Å². The summed E-state index contributed by atoms with van der Waals surface area (Å²) in [5.74, 6) is -2.55. The molecule has 0 aliphatic carbocycles. The number of aliphatic imine (C=N–C) groups is 1. The molecule has 1 aromatic heterocycles. The highest BCUT2D eigenvalue weighted by Crippen LogP contribution is 2.45. The summed E-state index contributed by atoms with van der Waals surface area (Å²) >= 11 is 0. The molecule has 138 valence electrons. The van der Waals surface area contributed by atoms with Gasteiger partial charge in [0.25, 0.3) is 5.56 Å². The normalized spacial score (nSPS) is 19.0. The molecule has 2 unspecified atom stereocenters. The van der Waals surface area contributed by atoms with Crippen molar-refractivity contribution >= 4 is 17.2 Å². The van der Waals surface area contributed by atoms with Gasteiger partial charge in [0, 0.05) is 17.8 Å². The van der Waals surface area contributed by atoms with Crippen molar-refractivity contribution in [3.8, 4) is 6.07 Å². The lowest BCUT2D eigenvalue weighted by Gasteiger charge is -2.32. The van der Waals surface area contributed by atoms with Gasteiger partial charge in [-0.3, -0.25) is 14.6 Å². The lowest BCUT2D eigenvalue weighted by molar-refractivity contribution is -0.138. The molecule has 8 heteroatoms. The molecule has 0 bridgehead atoms. The third-order valence-electron chi connectivity index (χ3n) is 4.63. The van der Waals surface area contributed by atoms with Gasteiger partial charge in [0.1, 0.15) is 5.78 Å². The highest BCUT2D eigenvalue weighted by molar-refractivity contribution is 6.06. The second-order valence-corrected chi connectivity index (χ2v) is 6.34. The molecule has 0 saturated heterocycles. The number of hydrogen-bond donors (Lipinski definition) is 1. The third kappa shape index (κ3) is 3.16. The predicted molar refractivity (Wildman–Crippen MR) is 92.0 cm³/mol. The second-order valence-electron chi connectivity index (χ2n) is 6.34. The molecule has 0 saturated carbocycles. The van der Waals surface area contributed by atoms with Crippen molar-refractivity contribution in [1.29, 1.82) is 5.26 Å². The number of hydrogen-bond acceptors (Lipinski definition) is 4. The molecular formula is C19H14F3N3O2. The SMILES string of the molecule is CC(=O)C1C(C)=Nc2cc[nH]c(=O)c2C1c1ccc(C#N)cc1C(F)(F)F. The van der Waals surface area contributed by atoms with Gasteiger partial charge in [-0.15, -0.1) is 0 Å². The van der Waals surface area contributed by atoms with Crippen LogP contribution in [0.4, 0.5) is 18.9 Å². The van der Waals surface area contributed by atoms with Gasteiger partial charge in [0.15, 0.2) is 0 Å². The first kappa shape index (κ1) is 18.6. The molecule has 2 aromatic rings. The fourth-order valence-electron chi connectivity index (χ4n) is 3.55. The van der Waals surface area contributed by atoms with Crippen molar-refractivity contribution in [1.82, 2.24) is 4.98 Å². The largest absolute Gasteiger partial charge is 0.416 e. The summed E-state index contributed by atoms with van der Waals surface area (Å²) in [6, 6.07) is 6.32. The van der Waals surface area contributed by atoms with Gasteiger partial charge in [0.05, 0.1) is 34.4 Å². The van der Waals surface area contributed by atoms with Crippen LogP contribution in [0.5, 0.6) is 0 Å². The van der Waals surface area contributed by atoms with Gasteiger partial charge >= 0.3 is 6.18 Å². The van der Waals surface area contributed by atoms with Crippen molar-refractivity contribution in [2.45, 2.75) is 25.9 Å². The van der Waals surface area contributed by atoms with Crippen molar-refractivity contribution in [3.05, 3.63) is 63.1 Å². The number of H-pyrrole nitrogens is 1. The minimum atomic E-state index is -4.76. The van der Waals surface area contributed by atoms with E-state index >= 15 is 0 Å². The van der Waals surface area contributed by atoms with Crippen molar-refractivity contribution in [2.75, 3.05) is 0 Å². The monoisotopic (exact) mass is 373 g/mol. The Balaban J connectivity index is 2.39. The average molecular weight is 373 g/mol. The van der Waals surface area contributed by atoms with E-state index in [0.717, 1.165) is 12.1 Å². The summed E-state index contributed by atoms with van der Waals surface area (Å²) in [6.07, 6.45) is -3.40. The molecule has 0 radical (unpaired) electrons. The highest BCUT2D eigenvalue weighted by Gasteiger charge is 2.43. The first-order chi connectivity index (χ1) is 12.6. The number of nitriles is 1. The Bertz CT molecular complexity index is 1060. The smallest absolute Gasteiger partial charge is 0.329 e. The van der Waals surface area contributed by atoms with Crippen LogP contribution in [0.25, 0.3) is 0 Å². The van der Waals surface area contributed by atoms with Gasteiger partial charge in [-0.1, -0.05) is 6.07 Å². The van der Waals surface area contributed by atoms with E-state index in [4.69, 9.17) is 5.26 Å². The Morgan fingerprint density at radius 2 is 2.00 bits per heavy atom. The van der Waals surface area contributed by atoms with E-state index in [9.17, 15) is 22.8 Å². The Morgan fingerprint density at radius 3 is 2.59 bits per heavy atom. The summed E-state index contributed by atoms with van der Waals surface area (Å²) < 4.78 is 41.1. The van der Waals surface area contributed by atoms with Crippen molar-refractivity contribution in [3.63, 3.8) is 0 Å². The van der Waals surface area contributed by atoms with Crippen LogP contribution in [-0.4, -0.2) is 16.5 Å². The van der Waals surface area contributed by atoms with Crippen molar-refractivity contribution < 1.29 is 18.0 Å². The number of rotatable bonds is 2. The van der Waals surface area contributed by atoms with Crippen LogP contribution >= 0.6 is 0 Å². The number of benzene rings is 1. The van der Waals surface area contributed by atoms with Crippen LogP contribution in [-0.2, 0) is 11.0 Å². The Morgan fingerprint density at radius 1 is 1.30 bits per heavy atom. The van der Waals surface area contributed by atoms with Crippen LogP contribution in [0.3, 0.4) is 0 Å². The summed E-state index contributed by atoms with van der Waals surface area (Å²) in [6.45, 7) is 2.82. The van der Waals surface area contributed by atoms with Crippen LogP contribution in [0.15, 0.2) is 40.2 Å². The Hall–Kier alpha value is -3.21. The number of nitrogens with zero attached hydrogens (tertiary/aromatic N) is 2. The first-order valence-electron chi connectivity index (χ1n) is 8.03. The standard InChI is InChI=1S/C19H14F3N3O2/c1-9-15(10(2)26)16(17-14(25-9)5-6-24-18(17)27)12-4-3-11(8-23)7-13(12)19(20,21)22/h3-7,15-16H,1-2H3,(H,24,27). The van der Waals surface area contributed by atoms with E-state index in [-0.39, 0.29) is 22.4 Å². The first-order valence-corrected chi connectivity index (χ1v) is 8.03. The minimum Gasteiger partial charge on any atom is -0.329 e. The number of halogens is 3. The van der Waals surface area contributed by atoms with E-state index < -0.39 is 34.9 Å². The summed E-state index contributed by atoms with van der Waals surface area (Å²) in [5, 5.41) is 8.97. The Kier molecular flexibility index (Phi) is 4.47. The van der Waals surface area contributed by atoms with E-state index in [1.165, 1.54) is 25.3 Å². The van der Waals surface area contributed by atoms with E-state index in [1.54, 1.807) is 13.0 Å². The molecule has 1 aliphatic heterocycles. The summed E-state index contributed by atoms with van der Waals surface area (Å²) in [7, 11) is 0. The van der Waals surface area contributed by atoms with Gasteiger partial charge in [-0.2, -0.15) is 18.4 Å². The van der Waals surface area contributed by atoms with Crippen LogP contribution in [0.2, 0.25) is 0 Å². The zero-order chi connectivity index (χ0) is 19.9. The van der Waals surface area contributed by atoms with Gasteiger partial charge in [-0.05, 0) is 37.6 Å². The molecule has 3 rings (SSSR count). The van der Waals surface area contributed by atoms with Crippen molar-refractivity contribution in [2.24, 2.45) is 10.9 Å².